The molecule has 0 aliphatic rings. The Kier molecular flexibility index (Phi) is 12.1. The first-order valence-electron chi connectivity index (χ1n) is 13.7. The van der Waals surface area contributed by atoms with Crippen LogP contribution >= 0.6 is 0 Å². The number of benzene rings is 3. The average molecular weight is 643 g/mol. The fourth-order valence-corrected chi connectivity index (χ4v) is 3.59. The third-order valence-electron chi connectivity index (χ3n) is 5.88. The Bertz CT molecular complexity index is 1560. The number of ether oxygens (including phenoxy) is 6. The fraction of sp³-hybridized carbons (Fsp3) is 0.212. The summed E-state index contributed by atoms with van der Waals surface area (Å²) < 4.78 is 72.9. The van der Waals surface area contributed by atoms with Crippen LogP contribution in [0.2, 0.25) is 0 Å². The zero-order valence-electron chi connectivity index (χ0n) is 24.7. The number of hydrogen-bond donors (Lipinski definition) is 0. The highest BCUT2D eigenvalue weighted by atomic mass is 19.4. The van der Waals surface area contributed by atoms with Crippen LogP contribution in [0.25, 0.3) is 0 Å². The predicted molar refractivity (Wildman–Crippen MR) is 156 cm³/mol. The summed E-state index contributed by atoms with van der Waals surface area (Å²) in [7, 11) is 0. The van der Waals surface area contributed by atoms with Crippen molar-refractivity contribution in [3.63, 3.8) is 0 Å². The van der Waals surface area contributed by atoms with Crippen LogP contribution < -0.4 is 18.9 Å². The molecule has 10 nitrogen and oxygen atoms in total. The van der Waals surface area contributed by atoms with Gasteiger partial charge in [0.25, 0.3) is 0 Å². The van der Waals surface area contributed by atoms with Gasteiger partial charge in [-0.2, -0.15) is 13.2 Å². The molecule has 2 atom stereocenters. The van der Waals surface area contributed by atoms with Gasteiger partial charge in [0.05, 0.1) is 11.1 Å². The van der Waals surface area contributed by atoms with Crippen molar-refractivity contribution in [1.29, 1.82) is 0 Å². The van der Waals surface area contributed by atoms with Crippen LogP contribution in [0.3, 0.4) is 0 Å². The molecule has 0 N–H and O–H groups in total. The first-order chi connectivity index (χ1) is 21.9. The van der Waals surface area contributed by atoms with Crippen molar-refractivity contribution in [2.24, 2.45) is 0 Å². The minimum Gasteiger partial charge on any atom is -0.455 e. The van der Waals surface area contributed by atoms with Gasteiger partial charge in [-0.3, -0.25) is 0 Å². The Balaban J connectivity index is 1.69. The van der Waals surface area contributed by atoms with Crippen LogP contribution in [0, 0.1) is 0 Å². The zero-order valence-corrected chi connectivity index (χ0v) is 24.7. The van der Waals surface area contributed by atoms with Crippen molar-refractivity contribution in [1.82, 2.24) is 0 Å². The van der Waals surface area contributed by atoms with Gasteiger partial charge in [0, 0.05) is 25.0 Å². The summed E-state index contributed by atoms with van der Waals surface area (Å²) in [5.74, 6) is -4.23. The minimum atomic E-state index is -4.97. The number of esters is 4. The highest BCUT2D eigenvalue weighted by Crippen LogP contribution is 2.39. The smallest absolute Gasteiger partial charge is 0.420 e. The molecule has 46 heavy (non-hydrogen) atoms. The van der Waals surface area contributed by atoms with Gasteiger partial charge in [-0.1, -0.05) is 27.0 Å². The number of alkyl halides is 3. The topological polar surface area (TPSA) is 124 Å². The SMILES string of the molecule is C=CC(=O)OC(CC)Oc1ccc(C(=O)Oc2ccc(OC(=O)c3ccc(OC(CC)OC(=O)C=C)cc3)c(C(F)(F)F)c2)cc1. The lowest BCUT2D eigenvalue weighted by atomic mass is 10.1. The number of hydrogen-bond acceptors (Lipinski definition) is 10. The van der Waals surface area contributed by atoms with E-state index in [4.69, 9.17) is 28.4 Å². The van der Waals surface area contributed by atoms with E-state index < -0.39 is 59.7 Å². The minimum absolute atomic E-state index is 0.0101. The fourth-order valence-electron chi connectivity index (χ4n) is 3.59. The van der Waals surface area contributed by atoms with Gasteiger partial charge in [0.1, 0.15) is 28.6 Å². The Labute approximate surface area is 261 Å². The van der Waals surface area contributed by atoms with Crippen LogP contribution in [0.15, 0.2) is 92.0 Å². The third kappa shape index (κ3) is 9.97. The lowest BCUT2D eigenvalue weighted by molar-refractivity contribution is -0.158. The standard InChI is InChI=1S/C33H29F3O10/c1-5-27(37)45-29(7-3)41-22-13-9-20(10-14-22)31(39)43-24-17-18-26(25(19-24)33(34,35)36)44-32(40)21-11-15-23(16-12-21)42-30(8-4)46-28(38)6-2/h5-6,9-19,29-30H,1-2,7-8H2,3-4H3. The van der Waals surface area contributed by atoms with Crippen molar-refractivity contribution in [2.75, 3.05) is 0 Å². The van der Waals surface area contributed by atoms with Crippen LogP contribution in [-0.2, 0) is 25.2 Å². The maximum Gasteiger partial charge on any atom is 0.420 e. The molecule has 3 rings (SSSR count). The van der Waals surface area contributed by atoms with E-state index in [0.717, 1.165) is 24.3 Å². The number of carbonyl (C=O) groups is 4. The first-order valence-corrected chi connectivity index (χ1v) is 13.7. The summed E-state index contributed by atoms with van der Waals surface area (Å²) in [4.78, 5) is 48.1. The van der Waals surface area contributed by atoms with Gasteiger partial charge in [-0.15, -0.1) is 0 Å². The molecule has 3 aromatic carbocycles. The molecule has 2 unspecified atom stereocenters. The van der Waals surface area contributed by atoms with Crippen LogP contribution in [0.5, 0.6) is 23.0 Å². The van der Waals surface area contributed by atoms with Gasteiger partial charge >= 0.3 is 30.1 Å². The van der Waals surface area contributed by atoms with Crippen LogP contribution in [0.4, 0.5) is 13.2 Å². The molecule has 3 aromatic rings. The molecule has 0 amide bonds. The molecular formula is C33H29F3O10. The molecule has 0 bridgehead atoms. The molecule has 0 fully saturated rings. The van der Waals surface area contributed by atoms with Crippen LogP contribution in [0.1, 0.15) is 53.0 Å². The number of rotatable bonds is 14. The van der Waals surface area contributed by atoms with E-state index in [-0.39, 0.29) is 22.6 Å². The summed E-state index contributed by atoms with van der Waals surface area (Å²) >= 11 is 0. The molecule has 0 spiro atoms. The zero-order chi connectivity index (χ0) is 33.9. The Morgan fingerprint density at radius 3 is 1.48 bits per heavy atom. The number of carbonyl (C=O) groups excluding carboxylic acids is 4. The summed E-state index contributed by atoms with van der Waals surface area (Å²) in [6.07, 6.45) is -4.20. The second-order valence-corrected chi connectivity index (χ2v) is 9.18. The molecule has 242 valence electrons. The van der Waals surface area contributed by atoms with E-state index in [9.17, 15) is 32.3 Å². The lowest BCUT2D eigenvalue weighted by Gasteiger charge is -2.17. The molecule has 0 saturated carbocycles. The van der Waals surface area contributed by atoms with Gasteiger partial charge < -0.3 is 28.4 Å². The van der Waals surface area contributed by atoms with Gasteiger partial charge in [-0.05, 0) is 66.7 Å². The molecule has 0 aliphatic heterocycles. The molecule has 0 saturated heterocycles. The lowest BCUT2D eigenvalue weighted by Crippen LogP contribution is -2.22. The van der Waals surface area contributed by atoms with E-state index in [2.05, 4.69) is 13.2 Å². The second-order valence-electron chi connectivity index (χ2n) is 9.18. The number of halogens is 3. The highest BCUT2D eigenvalue weighted by Gasteiger charge is 2.36. The van der Waals surface area contributed by atoms with Crippen molar-refractivity contribution in [3.8, 4) is 23.0 Å². The van der Waals surface area contributed by atoms with E-state index in [1.165, 1.54) is 48.5 Å². The Morgan fingerprint density at radius 2 is 1.09 bits per heavy atom. The molecule has 0 aromatic heterocycles. The Hall–Kier alpha value is -5.59. The maximum atomic E-state index is 13.9. The summed E-state index contributed by atoms with van der Waals surface area (Å²) in [6.45, 7) is 10.0. The molecular weight excluding hydrogens is 613 g/mol. The van der Waals surface area contributed by atoms with Crippen LogP contribution in [-0.4, -0.2) is 36.5 Å². The van der Waals surface area contributed by atoms with Gasteiger partial charge in [-0.25, -0.2) is 19.2 Å². The average Bonchev–Trinajstić information content (AvgIpc) is 3.04. The predicted octanol–water partition coefficient (Wildman–Crippen LogP) is 6.83. The van der Waals surface area contributed by atoms with Gasteiger partial charge in [0.2, 0.25) is 12.6 Å². The Morgan fingerprint density at radius 1 is 0.674 bits per heavy atom. The third-order valence-corrected chi connectivity index (χ3v) is 5.88. The quantitative estimate of drug-likeness (QED) is 0.0800. The van der Waals surface area contributed by atoms with Crippen molar-refractivity contribution >= 4 is 23.9 Å². The maximum absolute atomic E-state index is 13.9. The second kappa shape index (κ2) is 15.9. The molecule has 0 radical (unpaired) electrons. The van der Waals surface area contributed by atoms with E-state index in [0.29, 0.717) is 18.9 Å². The van der Waals surface area contributed by atoms with E-state index in [1.807, 2.05) is 0 Å². The molecule has 0 aliphatic carbocycles. The summed E-state index contributed by atoms with van der Waals surface area (Å²) in [6, 6.07) is 13.1. The molecule has 0 heterocycles. The van der Waals surface area contributed by atoms with Gasteiger partial charge in [0.15, 0.2) is 0 Å². The van der Waals surface area contributed by atoms with E-state index >= 15 is 0 Å². The van der Waals surface area contributed by atoms with Crippen molar-refractivity contribution in [2.45, 2.75) is 45.4 Å². The van der Waals surface area contributed by atoms with E-state index in [1.54, 1.807) is 13.8 Å². The highest BCUT2D eigenvalue weighted by molar-refractivity contribution is 5.92. The van der Waals surface area contributed by atoms with Crippen molar-refractivity contribution in [3.05, 3.63) is 109 Å². The summed E-state index contributed by atoms with van der Waals surface area (Å²) in [5.41, 5.74) is -1.46. The largest absolute Gasteiger partial charge is 0.455 e. The first kappa shape index (κ1) is 34.9. The van der Waals surface area contributed by atoms with Crippen molar-refractivity contribution < 1.29 is 60.8 Å². The summed E-state index contributed by atoms with van der Waals surface area (Å²) in [5, 5.41) is 0. The molecule has 13 heteroatoms. The monoisotopic (exact) mass is 642 g/mol. The normalized spacial score (nSPS) is 12.1.